The van der Waals surface area contributed by atoms with E-state index in [1.54, 1.807) is 5.57 Å². The number of ether oxygens (including phenoxy) is 1. The summed E-state index contributed by atoms with van der Waals surface area (Å²) < 4.78 is 5.58. The lowest BCUT2D eigenvalue weighted by Crippen LogP contribution is -2.47. The predicted octanol–water partition coefficient (Wildman–Crippen LogP) is 4.49. The molecule has 0 radical (unpaired) electrons. The lowest BCUT2D eigenvalue weighted by molar-refractivity contribution is -0.0288. The minimum absolute atomic E-state index is 0.306. The van der Waals surface area contributed by atoms with Gasteiger partial charge in [0.2, 0.25) is 0 Å². The van der Waals surface area contributed by atoms with Gasteiger partial charge in [0.15, 0.2) is 0 Å². The molecule has 0 aliphatic heterocycles. The fourth-order valence-electron chi connectivity index (χ4n) is 3.85. The maximum absolute atomic E-state index is 5.58. The third-order valence-electron chi connectivity index (χ3n) is 5.26. The molecule has 0 N–H and O–H groups in total. The van der Waals surface area contributed by atoms with E-state index >= 15 is 0 Å². The third kappa shape index (κ3) is 1.99. The van der Waals surface area contributed by atoms with E-state index in [1.807, 2.05) is 7.11 Å². The average molecular weight is 234 g/mol. The second-order valence-corrected chi connectivity index (χ2v) is 6.59. The van der Waals surface area contributed by atoms with E-state index in [0.29, 0.717) is 16.9 Å². The third-order valence-corrected chi connectivity index (χ3v) is 5.26. The van der Waals surface area contributed by atoms with Crippen molar-refractivity contribution in [2.24, 2.45) is 10.8 Å². The summed E-state index contributed by atoms with van der Waals surface area (Å²) in [5, 5.41) is 0. The van der Waals surface area contributed by atoms with E-state index in [2.05, 4.69) is 33.4 Å². The van der Waals surface area contributed by atoms with Crippen LogP contribution in [0.4, 0.5) is 0 Å². The van der Waals surface area contributed by atoms with Crippen molar-refractivity contribution in [3.63, 3.8) is 0 Å². The number of hydrogen-bond acceptors (Lipinski definition) is 1. The summed E-state index contributed by atoms with van der Waals surface area (Å²) in [4.78, 5) is 0. The van der Waals surface area contributed by atoms with E-state index in [-0.39, 0.29) is 0 Å². The van der Waals surface area contributed by atoms with Crippen molar-refractivity contribution in [1.82, 2.24) is 0 Å². The fourth-order valence-corrected chi connectivity index (χ4v) is 3.85. The van der Waals surface area contributed by atoms with Gasteiger partial charge in [-0.1, -0.05) is 37.6 Å². The van der Waals surface area contributed by atoms with Gasteiger partial charge in [0.05, 0.1) is 6.10 Å². The van der Waals surface area contributed by atoms with Gasteiger partial charge in [-0.2, -0.15) is 0 Å². The van der Waals surface area contributed by atoms with Gasteiger partial charge < -0.3 is 4.74 Å². The SMILES string of the molecule is C=C1CC(OC)CC(C)(C)C12CC=C(C)CC2. The highest BCUT2D eigenvalue weighted by molar-refractivity contribution is 5.26. The van der Waals surface area contributed by atoms with Crippen LogP contribution < -0.4 is 0 Å². The molecular weight excluding hydrogens is 208 g/mol. The molecule has 0 amide bonds. The molecule has 2 atom stereocenters. The molecule has 1 nitrogen and oxygen atoms in total. The Morgan fingerprint density at radius 2 is 2.12 bits per heavy atom. The van der Waals surface area contributed by atoms with Crippen molar-refractivity contribution in [3.8, 4) is 0 Å². The first kappa shape index (κ1) is 12.9. The molecule has 2 unspecified atom stereocenters. The zero-order valence-corrected chi connectivity index (χ0v) is 11.8. The molecule has 96 valence electrons. The first-order valence-corrected chi connectivity index (χ1v) is 6.78. The van der Waals surface area contributed by atoms with E-state index in [4.69, 9.17) is 4.74 Å². The normalized spacial score (nSPS) is 37.1. The molecule has 1 heteroatoms. The summed E-state index contributed by atoms with van der Waals surface area (Å²) in [6.45, 7) is 11.5. The van der Waals surface area contributed by atoms with Crippen LogP contribution in [0.15, 0.2) is 23.8 Å². The molecule has 0 heterocycles. The molecule has 2 aliphatic carbocycles. The summed E-state index contributed by atoms with van der Waals surface area (Å²) in [5.41, 5.74) is 3.60. The van der Waals surface area contributed by atoms with E-state index in [1.165, 1.54) is 24.8 Å². The van der Waals surface area contributed by atoms with Crippen molar-refractivity contribution in [1.29, 1.82) is 0 Å². The minimum atomic E-state index is 0.306. The topological polar surface area (TPSA) is 9.23 Å². The van der Waals surface area contributed by atoms with Crippen LogP contribution in [0.1, 0.15) is 52.9 Å². The quantitative estimate of drug-likeness (QED) is 0.607. The lowest BCUT2D eigenvalue weighted by Gasteiger charge is -2.55. The van der Waals surface area contributed by atoms with Crippen LogP contribution in [-0.4, -0.2) is 13.2 Å². The Kier molecular flexibility index (Phi) is 3.24. The Morgan fingerprint density at radius 3 is 2.59 bits per heavy atom. The van der Waals surface area contributed by atoms with Gasteiger partial charge >= 0.3 is 0 Å². The highest BCUT2D eigenvalue weighted by atomic mass is 16.5. The number of methoxy groups -OCH3 is 1. The summed E-state index contributed by atoms with van der Waals surface area (Å²) in [6.07, 6.45) is 8.71. The summed E-state index contributed by atoms with van der Waals surface area (Å²) in [6, 6.07) is 0. The predicted molar refractivity (Wildman–Crippen MR) is 73.0 cm³/mol. The van der Waals surface area contributed by atoms with Gasteiger partial charge in [-0.3, -0.25) is 0 Å². The number of rotatable bonds is 1. The Balaban J connectivity index is 2.30. The minimum Gasteiger partial charge on any atom is -0.381 e. The van der Waals surface area contributed by atoms with Gasteiger partial charge in [-0.05, 0) is 49.9 Å². The lowest BCUT2D eigenvalue weighted by atomic mass is 9.51. The summed E-state index contributed by atoms with van der Waals surface area (Å²) >= 11 is 0. The first-order chi connectivity index (χ1) is 7.91. The van der Waals surface area contributed by atoms with Crippen LogP contribution in [0.2, 0.25) is 0 Å². The Labute approximate surface area is 106 Å². The summed E-state index contributed by atoms with van der Waals surface area (Å²) in [7, 11) is 1.83. The molecule has 0 aromatic rings. The number of allylic oxidation sites excluding steroid dienone is 2. The molecule has 1 spiro atoms. The maximum Gasteiger partial charge on any atom is 0.0613 e. The summed E-state index contributed by atoms with van der Waals surface area (Å²) in [5.74, 6) is 0. The highest BCUT2D eigenvalue weighted by Crippen LogP contribution is 2.59. The van der Waals surface area contributed by atoms with E-state index in [0.717, 1.165) is 12.8 Å². The maximum atomic E-state index is 5.58. The molecule has 2 rings (SSSR count). The largest absolute Gasteiger partial charge is 0.381 e. The molecule has 1 fully saturated rings. The van der Waals surface area contributed by atoms with Crippen LogP contribution in [-0.2, 0) is 4.74 Å². The molecule has 0 aromatic heterocycles. The van der Waals surface area contributed by atoms with Crippen LogP contribution in [0, 0.1) is 10.8 Å². The van der Waals surface area contributed by atoms with Crippen molar-refractivity contribution < 1.29 is 4.74 Å². The van der Waals surface area contributed by atoms with Gasteiger partial charge in [-0.15, -0.1) is 0 Å². The van der Waals surface area contributed by atoms with Gasteiger partial charge in [0.25, 0.3) is 0 Å². The first-order valence-electron chi connectivity index (χ1n) is 6.78. The van der Waals surface area contributed by atoms with Gasteiger partial charge in [0.1, 0.15) is 0 Å². The van der Waals surface area contributed by atoms with Crippen molar-refractivity contribution >= 4 is 0 Å². The standard InChI is InChI=1S/C16H26O/c1-12-6-8-16(9-7-12)13(2)10-14(17-5)11-15(16,3)4/h6,14H,2,7-11H2,1,3-5H3. The van der Waals surface area contributed by atoms with Crippen LogP contribution in [0.5, 0.6) is 0 Å². The molecule has 1 saturated carbocycles. The molecule has 0 saturated heterocycles. The van der Waals surface area contributed by atoms with Crippen molar-refractivity contribution in [2.75, 3.05) is 7.11 Å². The highest BCUT2D eigenvalue weighted by Gasteiger charge is 2.51. The van der Waals surface area contributed by atoms with Crippen LogP contribution >= 0.6 is 0 Å². The zero-order chi connectivity index (χ0) is 12.7. The van der Waals surface area contributed by atoms with Crippen LogP contribution in [0.25, 0.3) is 0 Å². The van der Waals surface area contributed by atoms with Crippen molar-refractivity contribution in [3.05, 3.63) is 23.8 Å². The average Bonchev–Trinajstić information content (AvgIpc) is 2.27. The van der Waals surface area contributed by atoms with Gasteiger partial charge in [0, 0.05) is 7.11 Å². The Morgan fingerprint density at radius 1 is 1.41 bits per heavy atom. The Hall–Kier alpha value is -0.560. The monoisotopic (exact) mass is 234 g/mol. The van der Waals surface area contributed by atoms with Gasteiger partial charge in [-0.25, -0.2) is 0 Å². The second kappa shape index (κ2) is 4.28. The molecular formula is C16H26O. The zero-order valence-electron chi connectivity index (χ0n) is 11.8. The molecule has 2 aliphatic rings. The van der Waals surface area contributed by atoms with Crippen molar-refractivity contribution in [2.45, 2.75) is 59.0 Å². The molecule has 0 bridgehead atoms. The number of hydrogen-bond donors (Lipinski definition) is 0. The van der Waals surface area contributed by atoms with E-state index < -0.39 is 0 Å². The second-order valence-electron chi connectivity index (χ2n) is 6.59. The molecule has 17 heavy (non-hydrogen) atoms. The Bertz CT molecular complexity index is 351. The smallest absolute Gasteiger partial charge is 0.0613 e. The molecule has 0 aromatic carbocycles. The van der Waals surface area contributed by atoms with E-state index in [9.17, 15) is 0 Å². The fraction of sp³-hybridized carbons (Fsp3) is 0.750. The van der Waals surface area contributed by atoms with Crippen LogP contribution in [0.3, 0.4) is 0 Å².